The molecule has 0 heterocycles. The largest absolute Gasteiger partial charge is 0.462 e. The lowest BCUT2D eigenvalue weighted by Gasteiger charge is -2.24. The molecule has 0 aliphatic rings. The van der Waals surface area contributed by atoms with Crippen molar-refractivity contribution in [3.8, 4) is 0 Å². The van der Waals surface area contributed by atoms with Crippen molar-refractivity contribution >= 4 is 11.9 Å². The maximum Gasteiger partial charge on any atom is 0.306 e. The van der Waals surface area contributed by atoms with Gasteiger partial charge in [0.1, 0.15) is 6.10 Å². The highest BCUT2D eigenvalue weighted by atomic mass is 16.5. The van der Waals surface area contributed by atoms with Crippen LogP contribution in [-0.4, -0.2) is 46.9 Å². The van der Waals surface area contributed by atoms with Crippen LogP contribution >= 0.6 is 0 Å². The van der Waals surface area contributed by atoms with E-state index in [0.717, 1.165) is 70.6 Å². The van der Waals surface area contributed by atoms with E-state index in [9.17, 15) is 19.8 Å². The number of allylic oxidation sites excluding steroid dienone is 2. The predicted molar refractivity (Wildman–Crippen MR) is 237 cm³/mol. The molecule has 6 nitrogen and oxygen atoms in total. The van der Waals surface area contributed by atoms with E-state index >= 15 is 0 Å². The van der Waals surface area contributed by atoms with Crippen molar-refractivity contribution in [3.63, 3.8) is 0 Å². The van der Waals surface area contributed by atoms with Gasteiger partial charge in [0.2, 0.25) is 5.91 Å². The number of amides is 1. The Bertz CT molecular complexity index is 832. The monoisotopic (exact) mass is 778 g/mol. The molecular formula is C49H95NO5. The molecule has 0 fully saturated rings. The molecule has 0 aliphatic heterocycles. The van der Waals surface area contributed by atoms with Gasteiger partial charge in [0.15, 0.2) is 0 Å². The lowest BCUT2D eigenvalue weighted by atomic mass is 10.0. The minimum Gasteiger partial charge on any atom is -0.462 e. The number of ether oxygens (including phenoxy) is 1. The molecule has 0 aromatic heterocycles. The van der Waals surface area contributed by atoms with Gasteiger partial charge in [-0.3, -0.25) is 9.59 Å². The maximum atomic E-state index is 13.1. The molecule has 0 aliphatic carbocycles. The number of carbonyl (C=O) groups excluding carboxylic acids is 2. The minimum absolute atomic E-state index is 0.0720. The number of carbonyl (C=O) groups is 2. The van der Waals surface area contributed by atoms with E-state index in [1.807, 2.05) is 0 Å². The molecule has 3 atom stereocenters. The fourth-order valence-electron chi connectivity index (χ4n) is 7.61. The van der Waals surface area contributed by atoms with Crippen molar-refractivity contribution in [1.29, 1.82) is 0 Å². The Labute approximate surface area is 342 Å². The first kappa shape index (κ1) is 53.6. The van der Waals surface area contributed by atoms with Crippen LogP contribution in [-0.2, 0) is 14.3 Å². The molecule has 0 radical (unpaired) electrons. The molecule has 326 valence electrons. The smallest absolute Gasteiger partial charge is 0.306 e. The SMILES string of the molecule is CCC/C=C\CCCCCC(CC(=O)NC(CO)C(O)CCCCCCCCCCC)OC(=O)CCCCCCCCCCCCCCCCCCCCC. The van der Waals surface area contributed by atoms with Crippen LogP contribution in [0.3, 0.4) is 0 Å². The van der Waals surface area contributed by atoms with Crippen molar-refractivity contribution in [2.24, 2.45) is 0 Å². The van der Waals surface area contributed by atoms with E-state index in [4.69, 9.17) is 4.74 Å². The maximum absolute atomic E-state index is 13.1. The van der Waals surface area contributed by atoms with Crippen LogP contribution in [0.1, 0.15) is 265 Å². The predicted octanol–water partition coefficient (Wildman–Crippen LogP) is 14.2. The molecule has 0 spiro atoms. The molecule has 0 saturated carbocycles. The molecule has 0 rings (SSSR count). The highest BCUT2D eigenvalue weighted by Gasteiger charge is 2.24. The molecule has 0 aromatic carbocycles. The van der Waals surface area contributed by atoms with E-state index in [2.05, 4.69) is 38.2 Å². The molecule has 0 saturated heterocycles. The van der Waals surface area contributed by atoms with Crippen LogP contribution in [0.5, 0.6) is 0 Å². The fraction of sp³-hybridized carbons (Fsp3) is 0.918. The number of esters is 1. The van der Waals surface area contributed by atoms with Gasteiger partial charge < -0.3 is 20.3 Å². The third kappa shape index (κ3) is 39.2. The van der Waals surface area contributed by atoms with E-state index < -0.39 is 18.2 Å². The summed E-state index contributed by atoms with van der Waals surface area (Å²) in [7, 11) is 0. The molecular weight excluding hydrogens is 683 g/mol. The van der Waals surface area contributed by atoms with Gasteiger partial charge in [0.05, 0.1) is 25.2 Å². The Morgan fingerprint density at radius 3 is 1.36 bits per heavy atom. The van der Waals surface area contributed by atoms with Crippen molar-refractivity contribution < 1.29 is 24.5 Å². The number of hydrogen-bond donors (Lipinski definition) is 3. The highest BCUT2D eigenvalue weighted by molar-refractivity contribution is 5.77. The number of unbranched alkanes of at least 4 members (excludes halogenated alkanes) is 30. The molecule has 1 amide bonds. The van der Waals surface area contributed by atoms with Crippen LogP contribution in [0.15, 0.2) is 12.2 Å². The Morgan fingerprint density at radius 1 is 0.509 bits per heavy atom. The zero-order valence-electron chi connectivity index (χ0n) is 37.1. The Morgan fingerprint density at radius 2 is 0.909 bits per heavy atom. The summed E-state index contributed by atoms with van der Waals surface area (Å²) in [5.74, 6) is -0.481. The van der Waals surface area contributed by atoms with E-state index in [1.165, 1.54) is 148 Å². The zero-order valence-corrected chi connectivity index (χ0v) is 37.1. The van der Waals surface area contributed by atoms with Gasteiger partial charge in [-0.25, -0.2) is 0 Å². The van der Waals surface area contributed by atoms with Crippen LogP contribution < -0.4 is 5.32 Å². The van der Waals surface area contributed by atoms with E-state index in [-0.39, 0.29) is 24.9 Å². The lowest BCUT2D eigenvalue weighted by molar-refractivity contribution is -0.151. The van der Waals surface area contributed by atoms with Crippen molar-refractivity contribution in [1.82, 2.24) is 5.32 Å². The average Bonchev–Trinajstić information content (AvgIpc) is 3.18. The fourth-order valence-corrected chi connectivity index (χ4v) is 7.61. The summed E-state index contributed by atoms with van der Waals surface area (Å²) in [6.07, 6.45) is 47.2. The highest BCUT2D eigenvalue weighted by Crippen LogP contribution is 2.18. The minimum atomic E-state index is -0.783. The lowest BCUT2D eigenvalue weighted by Crippen LogP contribution is -2.46. The first-order valence-corrected chi connectivity index (χ1v) is 24.4. The number of nitrogens with one attached hydrogen (secondary N) is 1. The summed E-state index contributed by atoms with van der Waals surface area (Å²) in [6, 6.07) is -0.697. The summed E-state index contributed by atoms with van der Waals surface area (Å²) in [6.45, 7) is 6.40. The summed E-state index contributed by atoms with van der Waals surface area (Å²) < 4.78 is 5.89. The van der Waals surface area contributed by atoms with Gasteiger partial charge in [0, 0.05) is 6.42 Å². The van der Waals surface area contributed by atoms with Gasteiger partial charge in [-0.05, 0) is 44.9 Å². The van der Waals surface area contributed by atoms with Crippen LogP contribution in [0.4, 0.5) is 0 Å². The van der Waals surface area contributed by atoms with Crippen LogP contribution in [0.25, 0.3) is 0 Å². The Balaban J connectivity index is 4.33. The third-order valence-electron chi connectivity index (χ3n) is 11.3. The second-order valence-corrected chi connectivity index (χ2v) is 16.9. The van der Waals surface area contributed by atoms with Gasteiger partial charge in [-0.2, -0.15) is 0 Å². The molecule has 3 unspecified atom stereocenters. The summed E-state index contributed by atoms with van der Waals surface area (Å²) in [5, 5.41) is 23.5. The quantitative estimate of drug-likeness (QED) is 0.0325. The standard InChI is InChI=1S/C49H95NO5/c1-4-7-10-13-16-19-20-21-22-23-24-25-26-27-28-30-33-36-39-42-49(54)55-45(40-37-34-31-18-15-12-9-6-3)43-48(53)50-46(44-51)47(52)41-38-35-32-29-17-14-11-8-5-2/h12,15,45-47,51-52H,4-11,13-14,16-44H2,1-3H3,(H,50,53)/b15-12-. The number of hydrogen-bond acceptors (Lipinski definition) is 5. The number of aliphatic hydroxyl groups excluding tert-OH is 2. The van der Waals surface area contributed by atoms with Crippen molar-refractivity contribution in [2.75, 3.05) is 6.61 Å². The first-order chi connectivity index (χ1) is 27.0. The zero-order chi connectivity index (χ0) is 40.3. The van der Waals surface area contributed by atoms with Gasteiger partial charge in [0.25, 0.3) is 0 Å². The molecule has 3 N–H and O–H groups in total. The van der Waals surface area contributed by atoms with Crippen LogP contribution in [0.2, 0.25) is 0 Å². The summed E-state index contributed by atoms with van der Waals surface area (Å²) >= 11 is 0. The van der Waals surface area contributed by atoms with Gasteiger partial charge in [-0.15, -0.1) is 0 Å². The van der Waals surface area contributed by atoms with Gasteiger partial charge >= 0.3 is 5.97 Å². The van der Waals surface area contributed by atoms with E-state index in [0.29, 0.717) is 19.3 Å². The summed E-state index contributed by atoms with van der Waals surface area (Å²) in [5.41, 5.74) is 0. The van der Waals surface area contributed by atoms with Crippen molar-refractivity contribution in [3.05, 3.63) is 12.2 Å². The molecule has 0 aromatic rings. The molecule has 55 heavy (non-hydrogen) atoms. The number of rotatable bonds is 44. The van der Waals surface area contributed by atoms with Gasteiger partial charge in [-0.1, -0.05) is 219 Å². The number of aliphatic hydroxyl groups is 2. The average molecular weight is 778 g/mol. The summed E-state index contributed by atoms with van der Waals surface area (Å²) in [4.78, 5) is 25.9. The Hall–Kier alpha value is -1.40. The van der Waals surface area contributed by atoms with Crippen LogP contribution in [0, 0.1) is 0 Å². The second kappa shape index (κ2) is 43.7. The van der Waals surface area contributed by atoms with Crippen molar-refractivity contribution in [2.45, 2.75) is 283 Å². The molecule has 6 heteroatoms. The normalized spacial score (nSPS) is 13.3. The Kier molecular flexibility index (Phi) is 42.6. The second-order valence-electron chi connectivity index (χ2n) is 16.9. The molecule has 0 bridgehead atoms. The first-order valence-electron chi connectivity index (χ1n) is 24.4. The third-order valence-corrected chi connectivity index (χ3v) is 11.3. The van der Waals surface area contributed by atoms with E-state index in [1.54, 1.807) is 0 Å². The topological polar surface area (TPSA) is 95.9 Å².